The molecule has 0 aromatic heterocycles. The number of nitrogens with zero attached hydrogens (tertiary/aromatic N) is 2. The van der Waals surface area contributed by atoms with Crippen molar-refractivity contribution in [2.45, 2.75) is 51.4 Å². The van der Waals surface area contributed by atoms with Gasteiger partial charge >= 0.3 is 0 Å². The van der Waals surface area contributed by atoms with Crippen molar-refractivity contribution in [3.8, 4) is 5.75 Å². The normalized spacial score (nSPS) is 17.2. The van der Waals surface area contributed by atoms with Crippen LogP contribution in [0.3, 0.4) is 0 Å². The summed E-state index contributed by atoms with van der Waals surface area (Å²) in [6, 6.07) is 21.4. The van der Waals surface area contributed by atoms with Crippen molar-refractivity contribution in [3.05, 3.63) is 101 Å². The molecule has 0 radical (unpaired) electrons. The fourth-order valence-electron chi connectivity index (χ4n) is 6.73. The van der Waals surface area contributed by atoms with E-state index in [9.17, 15) is 31.0 Å². The third-order valence-corrected chi connectivity index (χ3v) is 10.7. The van der Waals surface area contributed by atoms with Gasteiger partial charge in [-0.2, -0.15) is 26.0 Å². The molecule has 11 heteroatoms. The van der Waals surface area contributed by atoms with Gasteiger partial charge in [0, 0.05) is 53.8 Å². The van der Waals surface area contributed by atoms with Gasteiger partial charge in [-0.05, 0) is 57.5 Å². The number of hydrogen-bond donors (Lipinski definition) is 3. The third-order valence-electron chi connectivity index (χ3n) is 9.07. The van der Waals surface area contributed by atoms with Gasteiger partial charge in [-0.25, -0.2) is 0 Å². The highest BCUT2D eigenvalue weighted by Gasteiger charge is 2.45. The van der Waals surface area contributed by atoms with Gasteiger partial charge in [-0.15, -0.1) is 0 Å². The Balaban J connectivity index is 1.48. The molecule has 0 saturated heterocycles. The highest BCUT2D eigenvalue weighted by Crippen LogP contribution is 2.41. The molecule has 0 aliphatic carbocycles. The Labute approximate surface area is 277 Å². The number of para-hydroxylation sites is 2. The van der Waals surface area contributed by atoms with Crippen LogP contribution in [0.1, 0.15) is 62.8 Å². The smallest absolute Gasteiger partial charge is 0.265 e. The molecule has 0 fully saturated rings. The van der Waals surface area contributed by atoms with Gasteiger partial charge in [-0.1, -0.05) is 42.5 Å². The van der Waals surface area contributed by atoms with Crippen molar-refractivity contribution in [1.29, 1.82) is 0 Å². The molecule has 3 aromatic carbocycles. The number of fused-ring (bicyclic) bond motifs is 2. The molecule has 248 valence electrons. The Bertz CT molecular complexity index is 2060. The van der Waals surface area contributed by atoms with Crippen molar-refractivity contribution >= 4 is 55.2 Å². The van der Waals surface area contributed by atoms with Crippen molar-refractivity contribution in [1.82, 2.24) is 0 Å². The van der Waals surface area contributed by atoms with Gasteiger partial charge in [0.25, 0.3) is 20.2 Å². The predicted octanol–water partition coefficient (Wildman–Crippen LogP) is 6.13. The zero-order valence-electron chi connectivity index (χ0n) is 27.1. The predicted molar refractivity (Wildman–Crippen MR) is 187 cm³/mol. The van der Waals surface area contributed by atoms with E-state index >= 15 is 0 Å². The second-order valence-corrected chi connectivity index (χ2v) is 16.3. The van der Waals surface area contributed by atoms with E-state index in [0.29, 0.717) is 18.7 Å². The summed E-state index contributed by atoms with van der Waals surface area (Å²) >= 11 is 0. The molecule has 3 aromatic rings. The first-order valence-electron chi connectivity index (χ1n) is 15.6. The fraction of sp³-hybridized carbons (Fsp3) is 0.333. The molecule has 2 heterocycles. The van der Waals surface area contributed by atoms with Crippen LogP contribution < -0.4 is 0 Å². The maximum Gasteiger partial charge on any atom is 0.265 e. The molecule has 0 atom stereocenters. The van der Waals surface area contributed by atoms with Crippen LogP contribution >= 0.6 is 0 Å². The number of benzene rings is 3. The molecule has 0 saturated carbocycles. The van der Waals surface area contributed by atoms with Crippen LogP contribution in [-0.2, 0) is 31.1 Å². The van der Waals surface area contributed by atoms with E-state index < -0.39 is 25.7 Å². The summed E-state index contributed by atoms with van der Waals surface area (Å²) in [6.45, 7) is 9.27. The summed E-state index contributed by atoms with van der Waals surface area (Å²) in [7, 11) is -8.16. The number of rotatable bonds is 12. The topological polar surface area (TPSA) is 135 Å². The molecule has 0 amide bonds. The van der Waals surface area contributed by atoms with Gasteiger partial charge in [0.2, 0.25) is 11.4 Å². The highest BCUT2D eigenvalue weighted by atomic mass is 32.2. The van der Waals surface area contributed by atoms with Crippen LogP contribution in [0.5, 0.6) is 5.75 Å². The molecule has 2 aliphatic heterocycles. The SMILES string of the molecule is CC1(C)C(/C=C/c2ccc(O)c(/C=C/C3=[N+](CCCS(=O)(=O)O)c4ccccc4C3(C)C)c2)=[N+](CCCS(=O)(=O)O)c2ccccc21. The van der Waals surface area contributed by atoms with E-state index in [1.165, 1.54) is 0 Å². The Morgan fingerprint density at radius 2 is 1.09 bits per heavy atom. The Morgan fingerprint density at radius 1 is 0.638 bits per heavy atom. The van der Waals surface area contributed by atoms with Crippen LogP contribution in [0, 0.1) is 0 Å². The highest BCUT2D eigenvalue weighted by molar-refractivity contribution is 7.86. The first-order valence-corrected chi connectivity index (χ1v) is 18.8. The molecular weight excluding hydrogens is 637 g/mol. The average Bonchev–Trinajstić information content (AvgIpc) is 3.33. The monoisotopic (exact) mass is 678 g/mol. The van der Waals surface area contributed by atoms with Gasteiger partial charge in [0.15, 0.2) is 11.4 Å². The van der Waals surface area contributed by atoms with E-state index in [0.717, 1.165) is 39.5 Å². The minimum atomic E-state index is -4.09. The summed E-state index contributed by atoms with van der Waals surface area (Å²) < 4.78 is 68.4. The van der Waals surface area contributed by atoms with E-state index in [1.807, 2.05) is 72.8 Å². The lowest BCUT2D eigenvalue weighted by atomic mass is 9.81. The zero-order valence-corrected chi connectivity index (χ0v) is 28.7. The molecular formula is C36H42N2O7S2+2. The maximum atomic E-state index is 11.4. The molecule has 0 spiro atoms. The Hall–Kier alpha value is -3.90. The van der Waals surface area contributed by atoms with Crippen molar-refractivity contribution in [2.75, 3.05) is 24.6 Å². The first kappa shape index (κ1) is 34.4. The summed E-state index contributed by atoms with van der Waals surface area (Å²) in [5.74, 6) is -0.550. The summed E-state index contributed by atoms with van der Waals surface area (Å²) in [6.07, 6.45) is 8.32. The lowest BCUT2D eigenvalue weighted by Crippen LogP contribution is -2.28. The van der Waals surface area contributed by atoms with Crippen molar-refractivity contribution in [2.24, 2.45) is 0 Å². The first-order chi connectivity index (χ1) is 22.0. The number of allylic oxidation sites excluding steroid dienone is 2. The lowest BCUT2D eigenvalue weighted by Gasteiger charge is -2.15. The molecule has 9 nitrogen and oxygen atoms in total. The van der Waals surface area contributed by atoms with E-state index in [4.69, 9.17) is 0 Å². The standard InChI is InChI=1S/C36H40N2O7S2/c1-35(2)28-11-5-7-13-30(28)37(21-9-23-46(40,41)42)33(35)19-16-26-15-18-32(39)27(25-26)17-20-34-36(3,4)29-12-6-8-14-31(29)38(34)22-10-24-47(43,44)45/h5-8,11-20,25H,9-10,21-24H2,1-4H3,(H-,40,41,42,43,44,45)/p+2. The van der Waals surface area contributed by atoms with Crippen molar-refractivity contribution in [3.63, 3.8) is 0 Å². The molecule has 47 heavy (non-hydrogen) atoms. The zero-order chi connectivity index (χ0) is 34.2. The summed E-state index contributed by atoms with van der Waals surface area (Å²) in [5.41, 5.74) is 6.84. The van der Waals surface area contributed by atoms with Gasteiger partial charge in [0.05, 0.1) is 22.3 Å². The quantitative estimate of drug-likeness (QED) is 0.155. The largest absolute Gasteiger partial charge is 0.507 e. The van der Waals surface area contributed by atoms with Crippen LogP contribution in [-0.4, -0.2) is 76.2 Å². The molecule has 2 aliphatic rings. The van der Waals surface area contributed by atoms with Crippen LogP contribution in [0.2, 0.25) is 0 Å². The lowest BCUT2D eigenvalue weighted by molar-refractivity contribution is -0.437. The summed E-state index contributed by atoms with van der Waals surface area (Å²) in [5, 5.41) is 10.8. The van der Waals surface area contributed by atoms with Crippen LogP contribution in [0.4, 0.5) is 11.4 Å². The average molecular weight is 679 g/mol. The van der Waals surface area contributed by atoms with Crippen LogP contribution in [0.15, 0.2) is 78.9 Å². The maximum absolute atomic E-state index is 11.4. The third kappa shape index (κ3) is 7.49. The number of phenols is 1. The Morgan fingerprint density at radius 3 is 1.55 bits per heavy atom. The van der Waals surface area contributed by atoms with Gasteiger partial charge in [-0.3, -0.25) is 9.11 Å². The second-order valence-electron chi connectivity index (χ2n) is 13.1. The summed E-state index contributed by atoms with van der Waals surface area (Å²) in [4.78, 5) is 0. The molecule has 3 N–H and O–H groups in total. The van der Waals surface area contributed by atoms with Gasteiger partial charge < -0.3 is 5.11 Å². The minimum Gasteiger partial charge on any atom is -0.507 e. The van der Waals surface area contributed by atoms with E-state index in [1.54, 1.807) is 6.07 Å². The van der Waals surface area contributed by atoms with Crippen LogP contribution in [0.25, 0.3) is 12.2 Å². The number of phenolic OH excluding ortho intramolecular Hbond substituents is 1. The van der Waals surface area contributed by atoms with E-state index in [-0.39, 0.29) is 35.5 Å². The number of aromatic hydroxyl groups is 1. The second kappa shape index (κ2) is 13.0. The minimum absolute atomic E-state index is 0.110. The van der Waals surface area contributed by atoms with Gasteiger partial charge in [0.1, 0.15) is 18.8 Å². The number of hydrogen-bond acceptors (Lipinski definition) is 5. The molecule has 0 bridgehead atoms. The molecule has 0 unspecified atom stereocenters. The Kier molecular flexibility index (Phi) is 9.49. The van der Waals surface area contributed by atoms with Crippen molar-refractivity contribution < 1.29 is 40.2 Å². The molecule has 5 rings (SSSR count). The van der Waals surface area contributed by atoms with E-state index in [2.05, 4.69) is 49.0 Å². The fourth-order valence-corrected chi connectivity index (χ4v) is 7.72.